The molecule has 0 radical (unpaired) electrons. The number of carboxylic acids is 3. The van der Waals surface area contributed by atoms with Crippen molar-refractivity contribution in [2.45, 2.75) is 13.0 Å². The minimum absolute atomic E-state index is 0. The number of hydrogen-bond donors (Lipinski definition) is 4. The van der Waals surface area contributed by atoms with Gasteiger partial charge in [-0.05, 0) is 6.92 Å². The molecule has 0 fully saturated rings. The molecule has 0 aliphatic carbocycles. The van der Waals surface area contributed by atoms with Gasteiger partial charge in [0.05, 0.1) is 0 Å². The number of aliphatic hydroxyl groups is 1. The minimum atomic E-state index is -1.26. The SMILES string of the molecule is CC(O)C(=O)O.O=C(O)C=CC(=O)O.[CaH2].[CaH2]. The summed E-state index contributed by atoms with van der Waals surface area (Å²) < 4.78 is 0. The van der Waals surface area contributed by atoms with E-state index in [1.165, 1.54) is 6.92 Å². The zero-order chi connectivity index (χ0) is 11.7. The summed E-state index contributed by atoms with van der Waals surface area (Å²) in [5, 5.41) is 31.4. The summed E-state index contributed by atoms with van der Waals surface area (Å²) >= 11 is 0. The van der Waals surface area contributed by atoms with Gasteiger partial charge in [0, 0.05) is 12.2 Å². The van der Waals surface area contributed by atoms with Crippen LogP contribution in [0.5, 0.6) is 0 Å². The summed E-state index contributed by atoms with van der Waals surface area (Å²) in [5.41, 5.74) is 0. The Morgan fingerprint density at radius 2 is 1.12 bits per heavy atom. The van der Waals surface area contributed by atoms with E-state index in [0.29, 0.717) is 12.2 Å². The van der Waals surface area contributed by atoms with Crippen LogP contribution in [0.1, 0.15) is 6.92 Å². The molecule has 0 heterocycles. The summed E-state index contributed by atoms with van der Waals surface area (Å²) in [6.07, 6.45) is -0.116. The topological polar surface area (TPSA) is 132 Å². The third kappa shape index (κ3) is 29.3. The maximum atomic E-state index is 9.55. The molecule has 0 rings (SSSR count). The van der Waals surface area contributed by atoms with Gasteiger partial charge in [-0.2, -0.15) is 0 Å². The van der Waals surface area contributed by atoms with Crippen LogP contribution in [0.15, 0.2) is 12.2 Å². The fraction of sp³-hybridized carbons (Fsp3) is 0.286. The first kappa shape index (κ1) is 25.5. The second kappa shape index (κ2) is 15.6. The Morgan fingerprint density at radius 3 is 1.19 bits per heavy atom. The van der Waals surface area contributed by atoms with Gasteiger partial charge in [-0.15, -0.1) is 0 Å². The van der Waals surface area contributed by atoms with Crippen LogP contribution < -0.4 is 0 Å². The Hall–Kier alpha value is 0.629. The molecule has 0 aromatic rings. The van der Waals surface area contributed by atoms with Gasteiger partial charge in [0.1, 0.15) is 6.10 Å². The Kier molecular flexibility index (Phi) is 24.9. The molecule has 88 valence electrons. The van der Waals surface area contributed by atoms with Crippen LogP contribution in [0, 0.1) is 0 Å². The molecule has 0 amide bonds. The number of aliphatic hydroxyl groups excluding tert-OH is 1. The number of carbonyl (C=O) groups is 3. The van der Waals surface area contributed by atoms with Crippen LogP contribution in [-0.2, 0) is 14.4 Å². The Balaban J connectivity index is -0.0000000825. The molecule has 0 aromatic carbocycles. The molecule has 16 heavy (non-hydrogen) atoms. The average Bonchev–Trinajstić information content (AvgIpc) is 2.01. The number of hydrogen-bond acceptors (Lipinski definition) is 4. The van der Waals surface area contributed by atoms with Crippen molar-refractivity contribution < 1.29 is 34.8 Å². The maximum absolute atomic E-state index is 9.55. The van der Waals surface area contributed by atoms with Crippen molar-refractivity contribution in [1.29, 1.82) is 0 Å². The fourth-order valence-corrected chi connectivity index (χ4v) is 0.143. The summed E-state index contributed by atoms with van der Waals surface area (Å²) in [5.74, 6) is -3.70. The molecule has 4 N–H and O–H groups in total. The molecule has 0 spiro atoms. The molecule has 0 bridgehead atoms. The van der Waals surface area contributed by atoms with Gasteiger partial charge in [-0.1, -0.05) is 0 Å². The van der Waals surface area contributed by atoms with E-state index in [1.807, 2.05) is 0 Å². The van der Waals surface area contributed by atoms with Gasteiger partial charge in [-0.25, -0.2) is 14.4 Å². The summed E-state index contributed by atoms with van der Waals surface area (Å²) in [6.45, 7) is 1.20. The molecular formula is C7H14Ca2O7. The quantitative estimate of drug-likeness (QED) is 0.329. The molecule has 0 aliphatic heterocycles. The molecule has 0 saturated carbocycles. The van der Waals surface area contributed by atoms with Gasteiger partial charge in [0.25, 0.3) is 0 Å². The Bertz CT molecular complexity index is 233. The van der Waals surface area contributed by atoms with Crippen LogP contribution in [0.4, 0.5) is 0 Å². The second-order valence-corrected chi connectivity index (χ2v) is 2.02. The van der Waals surface area contributed by atoms with Crippen LogP contribution in [0.3, 0.4) is 0 Å². The van der Waals surface area contributed by atoms with Crippen molar-refractivity contribution in [2.24, 2.45) is 0 Å². The van der Waals surface area contributed by atoms with E-state index >= 15 is 0 Å². The van der Waals surface area contributed by atoms with Gasteiger partial charge in [0.15, 0.2) is 0 Å². The van der Waals surface area contributed by atoms with E-state index in [1.54, 1.807) is 0 Å². The van der Waals surface area contributed by atoms with Crippen LogP contribution in [-0.4, -0.2) is 120 Å². The molecular weight excluding hydrogens is 276 g/mol. The molecule has 0 saturated heterocycles. The molecule has 0 aliphatic rings. The zero-order valence-corrected chi connectivity index (χ0v) is 7.25. The molecule has 1 unspecified atom stereocenters. The van der Waals surface area contributed by atoms with E-state index < -0.39 is 24.0 Å². The second-order valence-electron chi connectivity index (χ2n) is 2.02. The van der Waals surface area contributed by atoms with E-state index in [9.17, 15) is 14.4 Å². The summed E-state index contributed by atoms with van der Waals surface area (Å²) in [4.78, 5) is 28.6. The average molecular weight is 290 g/mol. The first-order valence-corrected chi connectivity index (χ1v) is 3.32. The van der Waals surface area contributed by atoms with Crippen molar-refractivity contribution in [2.75, 3.05) is 0 Å². The van der Waals surface area contributed by atoms with E-state index in [0.717, 1.165) is 0 Å². The standard InChI is InChI=1S/C4H4O4.C3H6O3.2Ca.4H/c5-3(6)1-2-4(7)8;1-2(4)3(5)6;;;;;;/h1-2H,(H,5,6)(H,7,8);2,4H,1H3,(H,5,6);;;;;;. The molecule has 1 atom stereocenters. The van der Waals surface area contributed by atoms with Crippen molar-refractivity contribution in [3.05, 3.63) is 12.2 Å². The predicted molar refractivity (Wildman–Crippen MR) is 60.8 cm³/mol. The fourth-order valence-electron chi connectivity index (χ4n) is 0.143. The van der Waals surface area contributed by atoms with E-state index in [-0.39, 0.29) is 75.5 Å². The Labute approximate surface area is 151 Å². The third-order valence-corrected chi connectivity index (χ3v) is 0.726. The van der Waals surface area contributed by atoms with Crippen LogP contribution in [0.2, 0.25) is 0 Å². The van der Waals surface area contributed by atoms with Gasteiger partial charge >= 0.3 is 93.4 Å². The number of aliphatic carboxylic acids is 3. The van der Waals surface area contributed by atoms with Crippen molar-refractivity contribution in [3.63, 3.8) is 0 Å². The van der Waals surface area contributed by atoms with E-state index in [2.05, 4.69) is 0 Å². The zero-order valence-electron chi connectivity index (χ0n) is 7.25. The van der Waals surface area contributed by atoms with Gasteiger partial charge < -0.3 is 20.4 Å². The van der Waals surface area contributed by atoms with Crippen LogP contribution in [0.25, 0.3) is 0 Å². The summed E-state index contributed by atoms with van der Waals surface area (Å²) in [6, 6.07) is 0. The normalized spacial score (nSPS) is 9.88. The Morgan fingerprint density at radius 1 is 0.938 bits per heavy atom. The van der Waals surface area contributed by atoms with E-state index in [4.69, 9.17) is 20.4 Å². The molecule has 0 aromatic heterocycles. The number of rotatable bonds is 3. The van der Waals surface area contributed by atoms with Gasteiger partial charge in [0.2, 0.25) is 0 Å². The van der Waals surface area contributed by atoms with Gasteiger partial charge in [-0.3, -0.25) is 0 Å². The summed E-state index contributed by atoms with van der Waals surface area (Å²) in [7, 11) is 0. The first-order chi connectivity index (χ1) is 6.27. The van der Waals surface area contributed by atoms with Crippen molar-refractivity contribution in [1.82, 2.24) is 0 Å². The van der Waals surface area contributed by atoms with Crippen LogP contribution >= 0.6 is 0 Å². The molecule has 7 nitrogen and oxygen atoms in total. The monoisotopic (exact) mass is 290 g/mol. The van der Waals surface area contributed by atoms with Crippen molar-refractivity contribution >= 4 is 93.4 Å². The molecule has 9 heteroatoms. The predicted octanol–water partition coefficient (Wildman–Crippen LogP) is -2.67. The number of carboxylic acid groups (broad SMARTS) is 3. The van der Waals surface area contributed by atoms with Crippen molar-refractivity contribution in [3.8, 4) is 0 Å². The first-order valence-electron chi connectivity index (χ1n) is 3.32. The third-order valence-electron chi connectivity index (χ3n) is 0.726.